The van der Waals surface area contributed by atoms with Crippen LogP contribution < -0.4 is 5.32 Å². The van der Waals surface area contributed by atoms with Gasteiger partial charge < -0.3 is 10.4 Å². The summed E-state index contributed by atoms with van der Waals surface area (Å²) in [6.07, 6.45) is 2.39. The Morgan fingerprint density at radius 1 is 1.29 bits per heavy atom. The number of aromatic hydroxyl groups is 1. The van der Waals surface area contributed by atoms with Gasteiger partial charge in [-0.2, -0.15) is 0 Å². The number of benzene rings is 1. The zero-order chi connectivity index (χ0) is 10.1. The molecule has 0 bridgehead atoms. The topological polar surface area (TPSA) is 32.3 Å². The third-order valence-corrected chi connectivity index (χ3v) is 3.71. The van der Waals surface area contributed by atoms with E-state index in [9.17, 15) is 5.11 Å². The van der Waals surface area contributed by atoms with Crippen LogP contribution in [0.4, 0.5) is 0 Å². The van der Waals surface area contributed by atoms with Gasteiger partial charge in [-0.3, -0.25) is 0 Å². The number of phenolic OH excluding ortho intramolecular Hbond substituents is 1. The molecule has 4 heteroatoms. The summed E-state index contributed by atoms with van der Waals surface area (Å²) in [5.74, 6) is 0.270. The minimum absolute atomic E-state index is 0.270. The smallest absolute Gasteiger partial charge is 0.143 e. The molecular formula is C10H11Br2NO. The Labute approximate surface area is 100.0 Å². The van der Waals surface area contributed by atoms with Gasteiger partial charge in [-0.25, -0.2) is 0 Å². The van der Waals surface area contributed by atoms with E-state index in [1.165, 1.54) is 18.4 Å². The number of hydrogen-bond acceptors (Lipinski definition) is 2. The molecule has 1 fully saturated rings. The first-order valence-electron chi connectivity index (χ1n) is 4.60. The second-order valence-electron chi connectivity index (χ2n) is 3.48. The van der Waals surface area contributed by atoms with Crippen molar-refractivity contribution in [1.82, 2.24) is 5.32 Å². The summed E-state index contributed by atoms with van der Waals surface area (Å²) in [5, 5.41) is 13.0. The maximum absolute atomic E-state index is 9.56. The second-order valence-corrected chi connectivity index (χ2v) is 5.19. The van der Waals surface area contributed by atoms with Crippen LogP contribution >= 0.6 is 31.9 Å². The van der Waals surface area contributed by atoms with Crippen LogP contribution in [0.5, 0.6) is 5.75 Å². The van der Waals surface area contributed by atoms with Crippen molar-refractivity contribution in [3.05, 3.63) is 26.6 Å². The van der Waals surface area contributed by atoms with Crippen molar-refractivity contribution >= 4 is 31.9 Å². The van der Waals surface area contributed by atoms with Gasteiger partial charge in [0.2, 0.25) is 0 Å². The first-order valence-corrected chi connectivity index (χ1v) is 6.18. The van der Waals surface area contributed by atoms with Crippen molar-refractivity contribution in [3.8, 4) is 5.75 Å². The minimum atomic E-state index is 0.270. The number of hydrogen-bond donors (Lipinski definition) is 2. The normalized spacial score (nSPS) is 21.4. The molecule has 0 saturated carbocycles. The summed E-state index contributed by atoms with van der Waals surface area (Å²) in [6, 6.07) is 4.38. The van der Waals surface area contributed by atoms with E-state index in [2.05, 4.69) is 37.2 Å². The Morgan fingerprint density at radius 2 is 1.93 bits per heavy atom. The minimum Gasteiger partial charge on any atom is -0.506 e. The van der Waals surface area contributed by atoms with Crippen LogP contribution in [-0.4, -0.2) is 11.7 Å². The average molecular weight is 321 g/mol. The third-order valence-electron chi connectivity index (χ3n) is 2.50. The molecule has 0 aliphatic carbocycles. The molecule has 0 aromatic heterocycles. The van der Waals surface area contributed by atoms with Crippen LogP contribution in [0.15, 0.2) is 21.1 Å². The van der Waals surface area contributed by atoms with Crippen molar-refractivity contribution in [2.24, 2.45) is 0 Å². The summed E-state index contributed by atoms with van der Waals surface area (Å²) in [4.78, 5) is 0. The number of rotatable bonds is 1. The zero-order valence-corrected chi connectivity index (χ0v) is 10.7. The lowest BCUT2D eigenvalue weighted by atomic mass is 10.1. The first kappa shape index (κ1) is 10.5. The number of halogens is 2. The Kier molecular flexibility index (Phi) is 3.14. The van der Waals surface area contributed by atoms with Crippen LogP contribution in [0.3, 0.4) is 0 Å². The van der Waals surface area contributed by atoms with Gasteiger partial charge in [0, 0.05) is 6.04 Å². The molecule has 1 aromatic rings. The van der Waals surface area contributed by atoms with E-state index in [4.69, 9.17) is 0 Å². The third kappa shape index (κ3) is 1.97. The van der Waals surface area contributed by atoms with E-state index in [-0.39, 0.29) is 5.75 Å². The van der Waals surface area contributed by atoms with Gasteiger partial charge in [0.15, 0.2) is 0 Å². The number of phenols is 1. The molecule has 1 heterocycles. The maximum Gasteiger partial charge on any atom is 0.143 e. The fourth-order valence-electron chi connectivity index (χ4n) is 1.76. The van der Waals surface area contributed by atoms with Crippen molar-refractivity contribution < 1.29 is 5.11 Å². The van der Waals surface area contributed by atoms with Gasteiger partial charge in [0.1, 0.15) is 5.75 Å². The van der Waals surface area contributed by atoms with Gasteiger partial charge in [-0.1, -0.05) is 0 Å². The molecule has 76 valence electrons. The highest BCUT2D eigenvalue weighted by atomic mass is 79.9. The Hall–Kier alpha value is -0.0600. The predicted octanol–water partition coefficient (Wildman–Crippen LogP) is 3.34. The van der Waals surface area contributed by atoms with Crippen LogP contribution in [-0.2, 0) is 0 Å². The van der Waals surface area contributed by atoms with Gasteiger partial charge in [-0.05, 0) is 68.9 Å². The standard InChI is InChI=1S/C10H11Br2NO/c11-7-4-6(5-8(12)10(7)14)9-2-1-3-13-9/h4-5,9,13-14H,1-3H2/t9-/m0/s1. The van der Waals surface area contributed by atoms with Gasteiger partial charge >= 0.3 is 0 Å². The van der Waals surface area contributed by atoms with Crippen molar-refractivity contribution in [3.63, 3.8) is 0 Å². The maximum atomic E-state index is 9.56. The molecule has 1 saturated heterocycles. The molecule has 1 atom stereocenters. The van der Waals surface area contributed by atoms with E-state index in [0.29, 0.717) is 6.04 Å². The summed E-state index contributed by atoms with van der Waals surface area (Å²) in [7, 11) is 0. The lowest BCUT2D eigenvalue weighted by Crippen LogP contribution is -2.12. The molecule has 2 nitrogen and oxygen atoms in total. The van der Waals surface area contributed by atoms with Gasteiger partial charge in [-0.15, -0.1) is 0 Å². The van der Waals surface area contributed by atoms with Crippen molar-refractivity contribution in [2.75, 3.05) is 6.54 Å². The van der Waals surface area contributed by atoms with E-state index in [1.54, 1.807) is 0 Å². The van der Waals surface area contributed by atoms with E-state index >= 15 is 0 Å². The average Bonchev–Trinajstić information content (AvgIpc) is 2.66. The lowest BCUT2D eigenvalue weighted by molar-refractivity contribution is 0.467. The highest BCUT2D eigenvalue weighted by Crippen LogP contribution is 2.36. The Morgan fingerprint density at radius 3 is 2.43 bits per heavy atom. The van der Waals surface area contributed by atoms with Crippen LogP contribution in [0.1, 0.15) is 24.4 Å². The van der Waals surface area contributed by atoms with Crippen LogP contribution in [0, 0.1) is 0 Å². The zero-order valence-electron chi connectivity index (χ0n) is 7.56. The Bertz CT molecular complexity index is 325. The van der Waals surface area contributed by atoms with Crippen molar-refractivity contribution in [1.29, 1.82) is 0 Å². The Balaban J connectivity index is 2.34. The SMILES string of the molecule is Oc1c(Br)cc([C@@H]2CCCN2)cc1Br. The fourth-order valence-corrected chi connectivity index (χ4v) is 2.98. The molecule has 2 N–H and O–H groups in total. The molecule has 1 aliphatic heterocycles. The van der Waals surface area contributed by atoms with Gasteiger partial charge in [0.25, 0.3) is 0 Å². The molecule has 0 unspecified atom stereocenters. The second kappa shape index (κ2) is 4.21. The molecule has 0 spiro atoms. The summed E-state index contributed by atoms with van der Waals surface area (Å²) >= 11 is 6.67. The van der Waals surface area contributed by atoms with Crippen LogP contribution in [0.2, 0.25) is 0 Å². The predicted molar refractivity (Wildman–Crippen MR) is 63.5 cm³/mol. The summed E-state index contributed by atoms with van der Waals surface area (Å²) in [5.41, 5.74) is 1.22. The molecule has 0 radical (unpaired) electrons. The summed E-state index contributed by atoms with van der Waals surface area (Å²) < 4.78 is 1.49. The van der Waals surface area contributed by atoms with Crippen LogP contribution in [0.25, 0.3) is 0 Å². The fraction of sp³-hybridized carbons (Fsp3) is 0.400. The molecule has 14 heavy (non-hydrogen) atoms. The van der Waals surface area contributed by atoms with E-state index in [0.717, 1.165) is 15.5 Å². The quantitative estimate of drug-likeness (QED) is 0.831. The van der Waals surface area contributed by atoms with Gasteiger partial charge in [0.05, 0.1) is 8.95 Å². The molecular weight excluding hydrogens is 310 g/mol. The monoisotopic (exact) mass is 319 g/mol. The largest absolute Gasteiger partial charge is 0.506 e. The molecule has 1 aliphatic rings. The highest BCUT2D eigenvalue weighted by Gasteiger charge is 2.18. The molecule has 2 rings (SSSR count). The molecule has 0 amide bonds. The lowest BCUT2D eigenvalue weighted by Gasteiger charge is -2.12. The van der Waals surface area contributed by atoms with E-state index in [1.807, 2.05) is 12.1 Å². The first-order chi connectivity index (χ1) is 6.68. The van der Waals surface area contributed by atoms with Crippen molar-refractivity contribution in [2.45, 2.75) is 18.9 Å². The summed E-state index contributed by atoms with van der Waals surface area (Å²) in [6.45, 7) is 1.08. The highest BCUT2D eigenvalue weighted by molar-refractivity contribution is 9.11. The van der Waals surface area contributed by atoms with E-state index < -0.39 is 0 Å². The molecule has 1 aromatic carbocycles. The number of nitrogens with one attached hydrogen (secondary N) is 1.